The summed E-state index contributed by atoms with van der Waals surface area (Å²) in [4.78, 5) is 2.45. The van der Waals surface area contributed by atoms with Gasteiger partial charge in [-0.25, -0.2) is 4.39 Å². The SMILES string of the molecule is CCCC(O)(c1ccc(OC)c(F)c1)C(CN1CCCCC1)c1ccccc1.Cl. The third kappa shape index (κ3) is 5.50. The van der Waals surface area contributed by atoms with Crippen LogP contribution in [-0.2, 0) is 5.60 Å². The van der Waals surface area contributed by atoms with Crippen LogP contribution in [0.4, 0.5) is 4.39 Å². The molecule has 3 rings (SSSR count). The zero-order valence-electron chi connectivity index (χ0n) is 17.4. The first-order valence-corrected chi connectivity index (χ1v) is 10.4. The van der Waals surface area contributed by atoms with Crippen molar-refractivity contribution in [2.75, 3.05) is 26.7 Å². The smallest absolute Gasteiger partial charge is 0.165 e. The van der Waals surface area contributed by atoms with Crippen molar-refractivity contribution >= 4 is 12.4 Å². The summed E-state index contributed by atoms with van der Waals surface area (Å²) in [6, 6.07) is 15.1. The van der Waals surface area contributed by atoms with Gasteiger partial charge in [-0.1, -0.05) is 56.2 Å². The van der Waals surface area contributed by atoms with Crippen molar-refractivity contribution in [2.24, 2.45) is 0 Å². The average molecular weight is 422 g/mol. The number of hydrogen-bond acceptors (Lipinski definition) is 3. The molecule has 1 N–H and O–H groups in total. The molecule has 2 aromatic carbocycles. The summed E-state index contributed by atoms with van der Waals surface area (Å²) in [5, 5.41) is 12.0. The Kier molecular flexibility index (Phi) is 8.94. The Balaban J connectivity index is 0.00000300. The van der Waals surface area contributed by atoms with Crippen molar-refractivity contribution in [1.82, 2.24) is 4.90 Å². The predicted octanol–water partition coefficient (Wildman–Crippen LogP) is 5.51. The van der Waals surface area contributed by atoms with Gasteiger partial charge in [-0.05, 0) is 55.6 Å². The lowest BCUT2D eigenvalue weighted by molar-refractivity contribution is -0.0155. The highest BCUT2D eigenvalue weighted by atomic mass is 35.5. The molecule has 1 saturated heterocycles. The van der Waals surface area contributed by atoms with E-state index in [9.17, 15) is 9.50 Å². The maximum atomic E-state index is 14.5. The standard InChI is InChI=1S/C24H32FNO2.ClH/c1-3-14-24(27,20-12-13-23(28-2)22(25)17-20)21(19-10-6-4-7-11-19)18-26-15-8-5-9-16-26;/h4,6-7,10-13,17,21,27H,3,5,8-9,14-16,18H2,1-2H3;1H. The highest BCUT2D eigenvalue weighted by Gasteiger charge is 2.40. The van der Waals surface area contributed by atoms with Crippen molar-refractivity contribution in [3.63, 3.8) is 0 Å². The van der Waals surface area contributed by atoms with E-state index in [1.54, 1.807) is 6.07 Å². The number of rotatable bonds is 8. The van der Waals surface area contributed by atoms with E-state index in [0.717, 1.165) is 31.6 Å². The third-order valence-corrected chi connectivity index (χ3v) is 5.95. The second kappa shape index (κ2) is 11.0. The summed E-state index contributed by atoms with van der Waals surface area (Å²) in [5.41, 5.74) is 0.583. The van der Waals surface area contributed by atoms with Crippen LogP contribution in [0, 0.1) is 5.82 Å². The first-order valence-electron chi connectivity index (χ1n) is 10.4. The zero-order chi connectivity index (χ0) is 20.0. The van der Waals surface area contributed by atoms with E-state index < -0.39 is 11.4 Å². The molecule has 0 aromatic heterocycles. The number of aliphatic hydroxyl groups is 1. The molecule has 2 unspecified atom stereocenters. The minimum atomic E-state index is -1.14. The number of halogens is 2. The van der Waals surface area contributed by atoms with Crippen molar-refractivity contribution in [2.45, 2.75) is 50.5 Å². The fourth-order valence-corrected chi connectivity index (χ4v) is 4.45. The summed E-state index contributed by atoms with van der Waals surface area (Å²) in [5.74, 6) is -0.353. The van der Waals surface area contributed by atoms with Crippen molar-refractivity contribution in [3.8, 4) is 5.75 Å². The number of ether oxygens (including phenoxy) is 1. The second-order valence-corrected chi connectivity index (χ2v) is 7.85. The normalized spacial score (nSPS) is 17.8. The summed E-state index contributed by atoms with van der Waals surface area (Å²) in [7, 11) is 1.46. The van der Waals surface area contributed by atoms with Crippen LogP contribution in [-0.4, -0.2) is 36.8 Å². The van der Waals surface area contributed by atoms with Gasteiger partial charge in [0, 0.05) is 12.5 Å². The first kappa shape index (κ1) is 23.7. The first-order chi connectivity index (χ1) is 13.6. The number of benzene rings is 2. The minimum absolute atomic E-state index is 0. The topological polar surface area (TPSA) is 32.7 Å². The van der Waals surface area contributed by atoms with Crippen LogP contribution in [0.5, 0.6) is 5.75 Å². The van der Waals surface area contributed by atoms with E-state index in [4.69, 9.17) is 4.74 Å². The Morgan fingerprint density at radius 1 is 1.10 bits per heavy atom. The van der Waals surface area contributed by atoms with Crippen LogP contribution in [0.1, 0.15) is 56.1 Å². The van der Waals surface area contributed by atoms with E-state index >= 15 is 0 Å². The second-order valence-electron chi connectivity index (χ2n) is 7.85. The fraction of sp³-hybridized carbons (Fsp3) is 0.500. The number of methoxy groups -OCH3 is 1. The van der Waals surface area contributed by atoms with Crippen LogP contribution in [0.25, 0.3) is 0 Å². The Morgan fingerprint density at radius 2 is 1.79 bits per heavy atom. The van der Waals surface area contributed by atoms with Crippen LogP contribution in [0.15, 0.2) is 48.5 Å². The molecule has 0 bridgehead atoms. The van der Waals surface area contributed by atoms with Crippen molar-refractivity contribution in [1.29, 1.82) is 0 Å². The number of nitrogens with zero attached hydrogens (tertiary/aromatic N) is 1. The van der Waals surface area contributed by atoms with E-state index in [1.165, 1.54) is 32.4 Å². The summed E-state index contributed by atoms with van der Waals surface area (Å²) in [6.07, 6.45) is 5.06. The van der Waals surface area contributed by atoms with Crippen LogP contribution in [0.3, 0.4) is 0 Å². The van der Waals surface area contributed by atoms with Gasteiger partial charge in [0.1, 0.15) is 0 Å². The number of hydrogen-bond donors (Lipinski definition) is 1. The van der Waals surface area contributed by atoms with Crippen LogP contribution < -0.4 is 4.74 Å². The molecule has 0 amide bonds. The van der Waals surface area contributed by atoms with E-state index in [-0.39, 0.29) is 24.1 Å². The number of piperidine rings is 1. The maximum Gasteiger partial charge on any atom is 0.165 e. The molecule has 1 aliphatic rings. The Bertz CT molecular complexity index is 752. The lowest BCUT2D eigenvalue weighted by Crippen LogP contribution is -2.42. The van der Waals surface area contributed by atoms with Gasteiger partial charge >= 0.3 is 0 Å². The maximum absolute atomic E-state index is 14.5. The van der Waals surface area contributed by atoms with Gasteiger partial charge in [-0.2, -0.15) is 0 Å². The van der Waals surface area contributed by atoms with Crippen molar-refractivity contribution in [3.05, 3.63) is 65.5 Å². The molecule has 160 valence electrons. The highest BCUT2D eigenvalue weighted by Crippen LogP contribution is 2.42. The van der Waals surface area contributed by atoms with Crippen molar-refractivity contribution < 1.29 is 14.2 Å². The molecular formula is C24H33ClFNO2. The van der Waals surface area contributed by atoms with Gasteiger partial charge < -0.3 is 14.7 Å². The van der Waals surface area contributed by atoms with Gasteiger partial charge in [0.25, 0.3) is 0 Å². The van der Waals surface area contributed by atoms with Crippen LogP contribution >= 0.6 is 12.4 Å². The van der Waals surface area contributed by atoms with Gasteiger partial charge in [0.05, 0.1) is 12.7 Å². The van der Waals surface area contributed by atoms with Gasteiger partial charge in [-0.3, -0.25) is 0 Å². The number of likely N-dealkylation sites (tertiary alicyclic amines) is 1. The molecule has 2 aromatic rings. The molecule has 3 nitrogen and oxygen atoms in total. The predicted molar refractivity (Wildman–Crippen MR) is 118 cm³/mol. The van der Waals surface area contributed by atoms with E-state index in [2.05, 4.69) is 24.0 Å². The van der Waals surface area contributed by atoms with E-state index in [0.29, 0.717) is 12.0 Å². The lowest BCUT2D eigenvalue weighted by Gasteiger charge is -2.41. The van der Waals surface area contributed by atoms with Gasteiger partial charge in [-0.15, -0.1) is 12.4 Å². The monoisotopic (exact) mass is 421 g/mol. The summed E-state index contributed by atoms with van der Waals surface area (Å²) >= 11 is 0. The lowest BCUT2D eigenvalue weighted by atomic mass is 9.74. The molecule has 0 radical (unpaired) electrons. The molecule has 1 heterocycles. The quantitative estimate of drug-likeness (QED) is 0.609. The van der Waals surface area contributed by atoms with Gasteiger partial charge in [0.15, 0.2) is 11.6 Å². The average Bonchev–Trinajstić information content (AvgIpc) is 2.73. The molecule has 1 aliphatic heterocycles. The molecule has 29 heavy (non-hydrogen) atoms. The van der Waals surface area contributed by atoms with Gasteiger partial charge in [0.2, 0.25) is 0 Å². The van der Waals surface area contributed by atoms with E-state index in [1.807, 2.05) is 24.3 Å². The molecule has 1 fully saturated rings. The fourth-order valence-electron chi connectivity index (χ4n) is 4.45. The highest BCUT2D eigenvalue weighted by molar-refractivity contribution is 5.85. The molecule has 2 atom stereocenters. The summed E-state index contributed by atoms with van der Waals surface area (Å²) < 4.78 is 19.6. The molecule has 5 heteroatoms. The Hall–Kier alpha value is -1.62. The minimum Gasteiger partial charge on any atom is -0.494 e. The van der Waals surface area contributed by atoms with Crippen LogP contribution in [0.2, 0.25) is 0 Å². The molecule has 0 saturated carbocycles. The molecule has 0 spiro atoms. The Morgan fingerprint density at radius 3 is 2.38 bits per heavy atom. The molecular weight excluding hydrogens is 389 g/mol. The molecule has 0 aliphatic carbocycles. The largest absolute Gasteiger partial charge is 0.494 e. The zero-order valence-corrected chi connectivity index (χ0v) is 18.3. The Labute approximate surface area is 180 Å². The third-order valence-electron chi connectivity index (χ3n) is 5.95. The summed E-state index contributed by atoms with van der Waals surface area (Å²) in [6.45, 7) is 4.95.